The number of ether oxygens (including phenoxy) is 1. The highest BCUT2D eigenvalue weighted by Gasteiger charge is 2.22. The number of hydrogen-bond acceptors (Lipinski definition) is 3. The van der Waals surface area contributed by atoms with Crippen molar-refractivity contribution in [2.24, 2.45) is 0 Å². The van der Waals surface area contributed by atoms with Gasteiger partial charge in [0.1, 0.15) is 17.4 Å². The quantitative estimate of drug-likeness (QED) is 0.893. The largest absolute Gasteiger partial charge is 0.488 e. The van der Waals surface area contributed by atoms with Gasteiger partial charge < -0.3 is 9.84 Å². The molecule has 18 heavy (non-hydrogen) atoms. The van der Waals surface area contributed by atoms with Crippen molar-refractivity contribution in [2.75, 3.05) is 14.1 Å². The highest BCUT2D eigenvalue weighted by Crippen LogP contribution is 2.23. The lowest BCUT2D eigenvalue weighted by Gasteiger charge is -2.23. The van der Waals surface area contributed by atoms with E-state index in [0.717, 1.165) is 11.3 Å². The van der Waals surface area contributed by atoms with E-state index in [-0.39, 0.29) is 5.60 Å². The summed E-state index contributed by atoms with van der Waals surface area (Å²) in [6.45, 7) is 5.92. The molecule has 1 N–H and O–H groups in total. The second kappa shape index (κ2) is 5.40. The average molecular weight is 251 g/mol. The molecule has 0 spiro atoms. The summed E-state index contributed by atoms with van der Waals surface area (Å²) >= 11 is 0. The number of likely N-dealkylation sites (N-methyl/N-ethyl adjacent to an activating group) is 1. The minimum Gasteiger partial charge on any atom is -0.488 e. The lowest BCUT2D eigenvalue weighted by molar-refractivity contribution is -0.142. The predicted octanol–water partition coefficient (Wildman–Crippen LogP) is 2.55. The SMILES string of the molecule is CN(C)C(C(=O)O)c1ccc(OC(C)(C)C)cc1. The summed E-state index contributed by atoms with van der Waals surface area (Å²) in [4.78, 5) is 12.9. The van der Waals surface area contributed by atoms with E-state index < -0.39 is 12.0 Å². The first-order chi connectivity index (χ1) is 8.20. The maximum absolute atomic E-state index is 11.2. The summed E-state index contributed by atoms with van der Waals surface area (Å²) in [6, 6.07) is 6.56. The number of rotatable bonds is 4. The monoisotopic (exact) mass is 251 g/mol. The Balaban J connectivity index is 2.91. The van der Waals surface area contributed by atoms with Crippen molar-refractivity contribution in [3.8, 4) is 5.75 Å². The lowest BCUT2D eigenvalue weighted by Crippen LogP contribution is -2.27. The Labute approximate surface area is 108 Å². The molecular weight excluding hydrogens is 230 g/mol. The maximum Gasteiger partial charge on any atom is 0.325 e. The van der Waals surface area contributed by atoms with E-state index >= 15 is 0 Å². The van der Waals surface area contributed by atoms with Gasteiger partial charge in [0.2, 0.25) is 0 Å². The molecule has 1 unspecified atom stereocenters. The molecule has 1 aromatic carbocycles. The van der Waals surface area contributed by atoms with Gasteiger partial charge >= 0.3 is 5.97 Å². The zero-order valence-corrected chi connectivity index (χ0v) is 11.6. The number of aliphatic carboxylic acids is 1. The van der Waals surface area contributed by atoms with Crippen LogP contribution >= 0.6 is 0 Å². The summed E-state index contributed by atoms with van der Waals surface area (Å²) in [5, 5.41) is 9.18. The van der Waals surface area contributed by atoms with Gasteiger partial charge in [-0.3, -0.25) is 9.69 Å². The third-order valence-electron chi connectivity index (χ3n) is 2.37. The van der Waals surface area contributed by atoms with E-state index in [1.165, 1.54) is 0 Å². The van der Waals surface area contributed by atoms with Crippen LogP contribution in [0.2, 0.25) is 0 Å². The van der Waals surface area contributed by atoms with Gasteiger partial charge in [0.25, 0.3) is 0 Å². The molecular formula is C14H21NO3. The minimum atomic E-state index is -0.857. The first-order valence-corrected chi connectivity index (χ1v) is 5.89. The summed E-state index contributed by atoms with van der Waals surface area (Å²) in [5.74, 6) is -0.112. The summed E-state index contributed by atoms with van der Waals surface area (Å²) in [6.07, 6.45) is 0. The first kappa shape index (κ1) is 14.5. The summed E-state index contributed by atoms with van der Waals surface area (Å²) < 4.78 is 5.70. The molecule has 0 fully saturated rings. The van der Waals surface area contributed by atoms with E-state index in [0.29, 0.717) is 0 Å². The Hall–Kier alpha value is -1.55. The molecule has 0 heterocycles. The molecule has 4 heteroatoms. The molecule has 0 aliphatic carbocycles. The third-order valence-corrected chi connectivity index (χ3v) is 2.37. The van der Waals surface area contributed by atoms with Gasteiger partial charge in [-0.15, -0.1) is 0 Å². The highest BCUT2D eigenvalue weighted by atomic mass is 16.5. The normalized spacial score (nSPS) is 13.4. The highest BCUT2D eigenvalue weighted by molar-refractivity contribution is 5.75. The summed E-state index contributed by atoms with van der Waals surface area (Å²) in [7, 11) is 3.50. The Morgan fingerprint density at radius 2 is 1.72 bits per heavy atom. The zero-order valence-electron chi connectivity index (χ0n) is 11.6. The van der Waals surface area contributed by atoms with Gasteiger partial charge in [-0.1, -0.05) is 12.1 Å². The molecule has 0 aliphatic rings. The van der Waals surface area contributed by atoms with E-state index in [1.807, 2.05) is 20.8 Å². The Morgan fingerprint density at radius 3 is 2.06 bits per heavy atom. The van der Waals surface area contributed by atoms with Crippen LogP contribution in [0, 0.1) is 0 Å². The van der Waals surface area contributed by atoms with Crippen molar-refractivity contribution in [1.82, 2.24) is 4.90 Å². The van der Waals surface area contributed by atoms with Crippen LogP contribution in [-0.4, -0.2) is 35.7 Å². The van der Waals surface area contributed by atoms with Crippen LogP contribution in [-0.2, 0) is 4.79 Å². The second-order valence-corrected chi connectivity index (χ2v) is 5.49. The van der Waals surface area contributed by atoms with Crippen LogP contribution in [0.4, 0.5) is 0 Å². The molecule has 0 saturated carbocycles. The molecule has 100 valence electrons. The van der Waals surface area contributed by atoms with Gasteiger partial charge in [0.05, 0.1) is 0 Å². The van der Waals surface area contributed by atoms with E-state index in [9.17, 15) is 9.90 Å². The number of carboxylic acids is 1. The molecule has 1 aromatic rings. The smallest absolute Gasteiger partial charge is 0.325 e. The second-order valence-electron chi connectivity index (χ2n) is 5.49. The fraction of sp³-hybridized carbons (Fsp3) is 0.500. The van der Waals surface area contributed by atoms with E-state index in [4.69, 9.17) is 4.74 Å². The van der Waals surface area contributed by atoms with Crippen LogP contribution in [0.5, 0.6) is 5.75 Å². The third kappa shape index (κ3) is 4.04. The lowest BCUT2D eigenvalue weighted by atomic mass is 10.1. The van der Waals surface area contributed by atoms with Gasteiger partial charge in [-0.2, -0.15) is 0 Å². The van der Waals surface area contributed by atoms with Crippen molar-refractivity contribution in [1.29, 1.82) is 0 Å². The van der Waals surface area contributed by atoms with Gasteiger partial charge in [0.15, 0.2) is 0 Å². The van der Waals surface area contributed by atoms with Crippen molar-refractivity contribution >= 4 is 5.97 Å². The van der Waals surface area contributed by atoms with Crippen LogP contribution in [0.1, 0.15) is 32.4 Å². The Kier molecular flexibility index (Phi) is 4.35. The Bertz CT molecular complexity index is 404. The zero-order chi connectivity index (χ0) is 13.9. The number of hydrogen-bond donors (Lipinski definition) is 1. The van der Waals surface area contributed by atoms with Gasteiger partial charge in [0, 0.05) is 0 Å². The molecule has 0 aliphatic heterocycles. The molecule has 0 aromatic heterocycles. The number of benzene rings is 1. The molecule has 0 radical (unpaired) electrons. The van der Waals surface area contributed by atoms with Crippen LogP contribution in [0.15, 0.2) is 24.3 Å². The number of carbonyl (C=O) groups is 1. The predicted molar refractivity (Wildman–Crippen MR) is 70.9 cm³/mol. The summed E-state index contributed by atoms with van der Waals surface area (Å²) in [5.41, 5.74) is 0.490. The standard InChI is InChI=1S/C14H21NO3/c1-14(2,3)18-11-8-6-10(7-9-11)12(13(16)17)15(4)5/h6-9,12H,1-5H3,(H,16,17). The molecule has 0 bridgehead atoms. The van der Waals surface area contributed by atoms with Crippen molar-refractivity contribution in [3.05, 3.63) is 29.8 Å². The number of carboxylic acid groups (broad SMARTS) is 1. The number of nitrogens with zero attached hydrogens (tertiary/aromatic N) is 1. The molecule has 0 amide bonds. The maximum atomic E-state index is 11.2. The fourth-order valence-corrected chi connectivity index (χ4v) is 1.73. The topological polar surface area (TPSA) is 49.8 Å². The average Bonchev–Trinajstić information content (AvgIpc) is 2.17. The van der Waals surface area contributed by atoms with Crippen LogP contribution in [0.3, 0.4) is 0 Å². The van der Waals surface area contributed by atoms with Gasteiger partial charge in [-0.05, 0) is 52.6 Å². The minimum absolute atomic E-state index is 0.255. The van der Waals surface area contributed by atoms with Crippen LogP contribution in [0.25, 0.3) is 0 Å². The van der Waals surface area contributed by atoms with E-state index in [2.05, 4.69) is 0 Å². The molecule has 1 atom stereocenters. The molecule has 0 saturated heterocycles. The van der Waals surface area contributed by atoms with Crippen LogP contribution < -0.4 is 4.74 Å². The van der Waals surface area contributed by atoms with E-state index in [1.54, 1.807) is 43.3 Å². The molecule has 1 rings (SSSR count). The molecule has 4 nitrogen and oxygen atoms in total. The first-order valence-electron chi connectivity index (χ1n) is 5.89. The van der Waals surface area contributed by atoms with Gasteiger partial charge in [-0.25, -0.2) is 0 Å². The Morgan fingerprint density at radius 1 is 1.22 bits per heavy atom. The van der Waals surface area contributed by atoms with Crippen molar-refractivity contribution < 1.29 is 14.6 Å². The van der Waals surface area contributed by atoms with Crippen molar-refractivity contribution in [2.45, 2.75) is 32.4 Å². The van der Waals surface area contributed by atoms with Crippen molar-refractivity contribution in [3.63, 3.8) is 0 Å². The fourth-order valence-electron chi connectivity index (χ4n) is 1.73.